The fourth-order valence-corrected chi connectivity index (χ4v) is 5.86. The van der Waals surface area contributed by atoms with E-state index in [0.717, 1.165) is 16.3 Å². The van der Waals surface area contributed by atoms with E-state index in [9.17, 15) is 12.8 Å². The van der Waals surface area contributed by atoms with Crippen LogP contribution in [0.4, 0.5) is 10.1 Å². The van der Waals surface area contributed by atoms with Crippen molar-refractivity contribution in [3.63, 3.8) is 0 Å². The minimum Gasteiger partial charge on any atom is -0.492 e. The quantitative estimate of drug-likeness (QED) is 0.551. The van der Waals surface area contributed by atoms with Gasteiger partial charge in [-0.05, 0) is 44.2 Å². The van der Waals surface area contributed by atoms with Crippen LogP contribution in [0.2, 0.25) is 0 Å². The topological polar surface area (TPSA) is 62.7 Å². The van der Waals surface area contributed by atoms with Gasteiger partial charge in [-0.15, -0.1) is 11.3 Å². The molecule has 0 spiro atoms. The van der Waals surface area contributed by atoms with Gasteiger partial charge in [-0.2, -0.15) is 4.31 Å². The van der Waals surface area contributed by atoms with E-state index >= 15 is 0 Å². The van der Waals surface area contributed by atoms with E-state index in [0.29, 0.717) is 31.1 Å². The maximum Gasteiger partial charge on any atom is 0.246 e. The number of hydrogen-bond acceptors (Lipinski definition) is 6. The normalized spacial score (nSPS) is 15.3. The lowest BCUT2D eigenvalue weighted by Crippen LogP contribution is -2.49. The molecule has 4 rings (SSSR count). The Kier molecular flexibility index (Phi) is 6.27. The molecule has 1 aliphatic heterocycles. The minimum atomic E-state index is -3.79. The fraction of sp³-hybridized carbons (Fsp3) is 0.318. The Labute approximate surface area is 186 Å². The highest BCUT2D eigenvalue weighted by Gasteiger charge is 2.32. The zero-order valence-corrected chi connectivity index (χ0v) is 19.0. The second-order valence-electron chi connectivity index (χ2n) is 7.19. The second kappa shape index (κ2) is 8.94. The van der Waals surface area contributed by atoms with E-state index in [2.05, 4.69) is 4.98 Å². The molecular formula is C22H24FN3O3S2. The third kappa shape index (κ3) is 4.44. The van der Waals surface area contributed by atoms with Crippen molar-refractivity contribution in [2.75, 3.05) is 37.7 Å². The third-order valence-electron chi connectivity index (χ3n) is 5.21. The molecule has 0 atom stereocenters. The van der Waals surface area contributed by atoms with Crippen LogP contribution in [0.25, 0.3) is 11.3 Å². The lowest BCUT2D eigenvalue weighted by molar-refractivity contribution is 0.327. The zero-order chi connectivity index (χ0) is 22.0. The first kappa shape index (κ1) is 21.7. The van der Waals surface area contributed by atoms with Crippen LogP contribution >= 0.6 is 11.3 Å². The largest absolute Gasteiger partial charge is 0.492 e. The van der Waals surface area contributed by atoms with Gasteiger partial charge in [0.05, 0.1) is 23.0 Å². The molecule has 2 heterocycles. The maximum absolute atomic E-state index is 14.1. The molecule has 0 amide bonds. The van der Waals surface area contributed by atoms with Gasteiger partial charge in [0.1, 0.15) is 16.5 Å². The van der Waals surface area contributed by atoms with Crippen LogP contribution in [0.15, 0.2) is 52.7 Å². The first-order valence-corrected chi connectivity index (χ1v) is 12.4. The number of rotatable bonds is 6. The Morgan fingerprint density at radius 1 is 1.13 bits per heavy atom. The maximum atomic E-state index is 14.1. The highest BCUT2D eigenvalue weighted by molar-refractivity contribution is 7.89. The third-order valence-corrected chi connectivity index (χ3v) is 7.90. The summed E-state index contributed by atoms with van der Waals surface area (Å²) in [6.07, 6.45) is 0. The van der Waals surface area contributed by atoms with Gasteiger partial charge in [-0.3, -0.25) is 0 Å². The predicted octanol–water partition coefficient (Wildman–Crippen LogP) is 4.17. The predicted molar refractivity (Wildman–Crippen MR) is 121 cm³/mol. The number of ether oxygens (including phenoxy) is 1. The number of aromatic nitrogens is 1. The summed E-state index contributed by atoms with van der Waals surface area (Å²) in [4.78, 5) is 6.48. The van der Waals surface area contributed by atoms with Gasteiger partial charge in [0.25, 0.3) is 0 Å². The zero-order valence-electron chi connectivity index (χ0n) is 17.4. The minimum absolute atomic E-state index is 0.136. The van der Waals surface area contributed by atoms with Crippen LogP contribution in [0.5, 0.6) is 5.75 Å². The average molecular weight is 462 g/mol. The first-order chi connectivity index (χ1) is 14.9. The van der Waals surface area contributed by atoms with Crippen LogP contribution in [0, 0.1) is 12.7 Å². The van der Waals surface area contributed by atoms with Crippen molar-refractivity contribution in [1.82, 2.24) is 9.29 Å². The fourth-order valence-electron chi connectivity index (χ4n) is 3.66. The van der Waals surface area contributed by atoms with Gasteiger partial charge in [-0.25, -0.2) is 17.8 Å². The molecule has 0 N–H and O–H groups in total. The highest BCUT2D eigenvalue weighted by atomic mass is 32.2. The van der Waals surface area contributed by atoms with Crippen LogP contribution in [0.1, 0.15) is 11.9 Å². The number of anilines is 1. The Bertz CT molecular complexity index is 1170. The molecule has 3 aromatic rings. The van der Waals surface area contributed by atoms with Crippen molar-refractivity contribution < 1.29 is 17.5 Å². The number of aryl methyl sites for hydroxylation is 1. The lowest BCUT2D eigenvalue weighted by Gasteiger charge is -2.35. The lowest BCUT2D eigenvalue weighted by atomic mass is 10.2. The van der Waals surface area contributed by atoms with Crippen LogP contribution in [-0.4, -0.2) is 50.5 Å². The standard InChI is InChI=1S/C22H24FN3O3S2/c1-3-29-21-9-8-17(19-15-30-16(2)24-19)14-22(21)31(27,28)26-12-10-25(11-13-26)20-7-5-4-6-18(20)23/h4-9,14-15H,3,10-13H2,1-2H3. The van der Waals surface area contributed by atoms with Crippen molar-refractivity contribution >= 4 is 27.0 Å². The molecule has 0 bridgehead atoms. The molecule has 0 radical (unpaired) electrons. The number of para-hydroxylation sites is 1. The molecule has 164 valence electrons. The average Bonchev–Trinajstić information content (AvgIpc) is 3.21. The molecule has 0 unspecified atom stereocenters. The number of sulfonamides is 1. The van der Waals surface area contributed by atoms with E-state index in [1.165, 1.54) is 21.7 Å². The van der Waals surface area contributed by atoms with Gasteiger partial charge in [0.2, 0.25) is 10.0 Å². The second-order valence-corrected chi connectivity index (χ2v) is 10.2. The summed E-state index contributed by atoms with van der Waals surface area (Å²) in [7, 11) is -3.79. The van der Waals surface area contributed by atoms with E-state index in [-0.39, 0.29) is 23.8 Å². The number of halogens is 1. The Balaban J connectivity index is 1.61. The van der Waals surface area contributed by atoms with Crippen LogP contribution in [-0.2, 0) is 10.0 Å². The number of benzene rings is 2. The van der Waals surface area contributed by atoms with Crippen molar-refractivity contribution in [2.45, 2.75) is 18.7 Å². The summed E-state index contributed by atoms with van der Waals surface area (Å²) in [6, 6.07) is 11.7. The molecule has 6 nitrogen and oxygen atoms in total. The number of piperazine rings is 1. The Hall–Kier alpha value is -2.49. The smallest absolute Gasteiger partial charge is 0.246 e. The molecule has 31 heavy (non-hydrogen) atoms. The summed E-state index contributed by atoms with van der Waals surface area (Å²) >= 11 is 1.52. The van der Waals surface area contributed by atoms with E-state index in [4.69, 9.17) is 4.74 Å². The van der Waals surface area contributed by atoms with Crippen molar-refractivity contribution in [3.8, 4) is 17.0 Å². The SMILES string of the molecule is CCOc1ccc(-c2csc(C)n2)cc1S(=O)(=O)N1CCN(c2ccccc2F)CC1. The van der Waals surface area contributed by atoms with Crippen molar-refractivity contribution in [1.29, 1.82) is 0 Å². The molecule has 1 aromatic heterocycles. The number of hydrogen-bond donors (Lipinski definition) is 0. The summed E-state index contributed by atoms with van der Waals surface area (Å²) in [6.45, 7) is 5.45. The van der Waals surface area contributed by atoms with E-state index in [1.54, 1.807) is 30.3 Å². The van der Waals surface area contributed by atoms with Gasteiger partial charge in [0, 0.05) is 37.1 Å². The number of nitrogens with zero attached hydrogens (tertiary/aromatic N) is 3. The molecule has 9 heteroatoms. The van der Waals surface area contributed by atoms with Gasteiger partial charge >= 0.3 is 0 Å². The Morgan fingerprint density at radius 3 is 2.52 bits per heavy atom. The molecule has 1 aliphatic rings. The molecule has 1 saturated heterocycles. The summed E-state index contributed by atoms with van der Waals surface area (Å²) in [5.74, 6) is 0.0263. The van der Waals surface area contributed by atoms with Crippen molar-refractivity contribution in [3.05, 3.63) is 58.7 Å². The van der Waals surface area contributed by atoms with Crippen LogP contribution in [0.3, 0.4) is 0 Å². The first-order valence-electron chi connectivity index (χ1n) is 10.1. The highest BCUT2D eigenvalue weighted by Crippen LogP contribution is 2.33. The van der Waals surface area contributed by atoms with Crippen LogP contribution < -0.4 is 9.64 Å². The summed E-state index contributed by atoms with van der Waals surface area (Å²) in [5, 5.41) is 2.83. The van der Waals surface area contributed by atoms with E-state index < -0.39 is 10.0 Å². The van der Waals surface area contributed by atoms with E-state index in [1.807, 2.05) is 30.2 Å². The van der Waals surface area contributed by atoms with Gasteiger partial charge in [0.15, 0.2) is 0 Å². The number of thiazole rings is 1. The summed E-state index contributed by atoms with van der Waals surface area (Å²) < 4.78 is 48.2. The molecule has 1 fully saturated rings. The van der Waals surface area contributed by atoms with Crippen molar-refractivity contribution in [2.24, 2.45) is 0 Å². The Morgan fingerprint density at radius 2 is 1.87 bits per heavy atom. The van der Waals surface area contributed by atoms with Gasteiger partial charge in [-0.1, -0.05) is 12.1 Å². The monoisotopic (exact) mass is 461 g/mol. The molecule has 2 aromatic carbocycles. The molecule has 0 saturated carbocycles. The molecular weight excluding hydrogens is 437 g/mol. The molecule has 0 aliphatic carbocycles. The van der Waals surface area contributed by atoms with Gasteiger partial charge < -0.3 is 9.64 Å². The summed E-state index contributed by atoms with van der Waals surface area (Å²) in [5.41, 5.74) is 1.97.